The van der Waals surface area contributed by atoms with E-state index < -0.39 is 23.8 Å². The normalized spacial score (nSPS) is 21.4. The molecule has 0 spiro atoms. The van der Waals surface area contributed by atoms with Gasteiger partial charge in [0.05, 0.1) is 0 Å². The molecule has 0 aromatic heterocycles. The second-order valence-electron chi connectivity index (χ2n) is 7.96. The van der Waals surface area contributed by atoms with Gasteiger partial charge in [0, 0.05) is 18.5 Å². The molecule has 1 unspecified atom stereocenters. The van der Waals surface area contributed by atoms with Crippen molar-refractivity contribution in [3.8, 4) is 0 Å². The Bertz CT molecular complexity index is 1220. The summed E-state index contributed by atoms with van der Waals surface area (Å²) in [6.45, 7) is 5.41. The van der Waals surface area contributed by atoms with E-state index in [0.29, 0.717) is 17.8 Å². The molecule has 0 N–H and O–H groups in total. The molecule has 3 aliphatic heterocycles. The summed E-state index contributed by atoms with van der Waals surface area (Å²) >= 11 is 0. The van der Waals surface area contributed by atoms with Crippen molar-refractivity contribution in [1.29, 1.82) is 0 Å². The van der Waals surface area contributed by atoms with E-state index in [1.807, 2.05) is 0 Å². The summed E-state index contributed by atoms with van der Waals surface area (Å²) in [5.41, 5.74) is 0.501. The van der Waals surface area contributed by atoms with E-state index in [-0.39, 0.29) is 30.2 Å². The van der Waals surface area contributed by atoms with Crippen LogP contribution in [-0.4, -0.2) is 41.0 Å². The van der Waals surface area contributed by atoms with Gasteiger partial charge in [0.1, 0.15) is 17.6 Å². The zero-order valence-corrected chi connectivity index (χ0v) is 20.0. The molecular weight excluding hydrogens is 458 g/mol. The van der Waals surface area contributed by atoms with Crippen molar-refractivity contribution in [2.45, 2.75) is 25.9 Å². The van der Waals surface area contributed by atoms with Gasteiger partial charge in [-0.1, -0.05) is 60.8 Å². The molecule has 0 saturated carbocycles. The van der Waals surface area contributed by atoms with Gasteiger partial charge < -0.3 is 9.47 Å². The van der Waals surface area contributed by atoms with Crippen molar-refractivity contribution in [3.05, 3.63) is 121 Å². The molecule has 0 aromatic carbocycles. The number of rotatable bonds is 2. The summed E-state index contributed by atoms with van der Waals surface area (Å²) in [6, 6.07) is 0. The Morgan fingerprint density at radius 2 is 1.72 bits per heavy atom. The molecular formula is C29H27NO6. The Morgan fingerprint density at radius 1 is 0.944 bits per heavy atom. The second kappa shape index (κ2) is 12.8. The number of nitrogens with zero attached hydrogens (tertiary/aromatic N) is 1. The first-order valence-electron chi connectivity index (χ1n) is 11.5. The van der Waals surface area contributed by atoms with Gasteiger partial charge in [0.15, 0.2) is 11.5 Å². The fraction of sp³-hybridized carbons (Fsp3) is 0.172. The van der Waals surface area contributed by atoms with E-state index >= 15 is 0 Å². The van der Waals surface area contributed by atoms with Gasteiger partial charge in [-0.3, -0.25) is 19.3 Å². The van der Waals surface area contributed by atoms with Crippen molar-refractivity contribution in [1.82, 2.24) is 4.90 Å². The Kier molecular flexibility index (Phi) is 9.28. The Morgan fingerprint density at radius 3 is 2.50 bits per heavy atom. The summed E-state index contributed by atoms with van der Waals surface area (Å²) in [6.07, 6.45) is 24.4. The first-order chi connectivity index (χ1) is 17.4. The maximum atomic E-state index is 13.0. The quantitative estimate of drug-likeness (QED) is 0.330. The number of esters is 1. The maximum Gasteiger partial charge on any atom is 0.355 e. The number of ether oxygens (including phenoxy) is 2. The molecule has 3 aliphatic rings. The lowest BCUT2D eigenvalue weighted by Gasteiger charge is -2.25. The van der Waals surface area contributed by atoms with Crippen LogP contribution in [0, 0.1) is 0 Å². The van der Waals surface area contributed by atoms with E-state index in [4.69, 9.17) is 9.47 Å². The molecule has 0 radical (unpaired) electrons. The maximum absolute atomic E-state index is 13.0. The highest BCUT2D eigenvalue weighted by Gasteiger charge is 2.33. The highest BCUT2D eigenvalue weighted by molar-refractivity contribution is 6.42. The summed E-state index contributed by atoms with van der Waals surface area (Å²) in [5, 5.41) is 0. The van der Waals surface area contributed by atoms with Crippen LogP contribution in [0.5, 0.6) is 0 Å². The molecule has 3 heterocycles. The van der Waals surface area contributed by atoms with Crippen LogP contribution in [0.3, 0.4) is 0 Å². The molecule has 36 heavy (non-hydrogen) atoms. The zero-order valence-electron chi connectivity index (χ0n) is 20.0. The Labute approximate surface area is 210 Å². The summed E-state index contributed by atoms with van der Waals surface area (Å²) < 4.78 is 11.1. The fourth-order valence-electron chi connectivity index (χ4n) is 3.37. The number of carbonyl (C=O) groups is 4. The van der Waals surface area contributed by atoms with Crippen molar-refractivity contribution in [2.24, 2.45) is 0 Å². The fourth-order valence-corrected chi connectivity index (χ4v) is 3.37. The summed E-state index contributed by atoms with van der Waals surface area (Å²) in [4.78, 5) is 52.3. The predicted molar refractivity (Wildman–Crippen MR) is 136 cm³/mol. The highest BCUT2D eigenvalue weighted by Crippen LogP contribution is 2.20. The average Bonchev–Trinajstić information content (AvgIpc) is 2.88. The molecule has 3 rings (SSSR count). The number of ketones is 2. The van der Waals surface area contributed by atoms with Crippen LogP contribution in [0.4, 0.5) is 0 Å². The topological polar surface area (TPSA) is 90.0 Å². The standard InChI is InChI=1S/C29H27NO6/c1-3-12-22-14-6-4-5-7-15-23-16-11-19-26(36-23)27(32)28(33)30-20-9-8-17-24(30)29(34)35-21(2)13-10-18-25(22)31/h3-11,14-19,21H,1,12-13,20H2,2H3. The molecule has 0 fully saturated rings. The first kappa shape index (κ1) is 26.1. The Balaban J connectivity index is 1.92. The molecule has 184 valence electrons. The molecule has 7 nitrogen and oxygen atoms in total. The van der Waals surface area contributed by atoms with Gasteiger partial charge in [-0.25, -0.2) is 4.79 Å². The van der Waals surface area contributed by atoms with Crippen LogP contribution in [0.1, 0.15) is 19.8 Å². The number of hydrogen-bond acceptors (Lipinski definition) is 6. The third-order valence-electron chi connectivity index (χ3n) is 5.19. The van der Waals surface area contributed by atoms with Crippen LogP contribution in [0.25, 0.3) is 0 Å². The van der Waals surface area contributed by atoms with Crippen LogP contribution in [-0.2, 0) is 28.7 Å². The number of hydrogen-bond donors (Lipinski definition) is 0. The molecule has 0 aliphatic carbocycles. The van der Waals surface area contributed by atoms with Gasteiger partial charge in [-0.15, -0.1) is 6.58 Å². The highest BCUT2D eigenvalue weighted by atomic mass is 16.5. The molecule has 1 amide bonds. The minimum Gasteiger partial charge on any atom is -0.458 e. The zero-order chi connectivity index (χ0) is 25.9. The molecule has 0 saturated heterocycles. The minimum absolute atomic E-state index is 0.0353. The van der Waals surface area contributed by atoms with E-state index in [9.17, 15) is 19.2 Å². The lowest BCUT2D eigenvalue weighted by molar-refractivity contribution is -0.150. The number of fused-ring (bicyclic) bond motifs is 3. The van der Waals surface area contributed by atoms with Crippen LogP contribution in [0.2, 0.25) is 0 Å². The first-order valence-corrected chi connectivity index (χ1v) is 11.5. The smallest absolute Gasteiger partial charge is 0.355 e. The van der Waals surface area contributed by atoms with Gasteiger partial charge in [-0.05, 0) is 43.7 Å². The van der Waals surface area contributed by atoms with Crippen LogP contribution >= 0.6 is 0 Å². The van der Waals surface area contributed by atoms with Gasteiger partial charge in [0.25, 0.3) is 5.78 Å². The van der Waals surface area contributed by atoms with Gasteiger partial charge in [0.2, 0.25) is 0 Å². The number of amides is 1. The average molecular weight is 486 g/mol. The van der Waals surface area contributed by atoms with Gasteiger partial charge >= 0.3 is 11.9 Å². The summed E-state index contributed by atoms with van der Waals surface area (Å²) in [7, 11) is 0. The van der Waals surface area contributed by atoms with E-state index in [1.165, 1.54) is 18.2 Å². The molecule has 2 bridgehead atoms. The molecule has 0 aromatic rings. The monoisotopic (exact) mass is 485 g/mol. The lowest BCUT2D eigenvalue weighted by Crippen LogP contribution is -2.41. The summed E-state index contributed by atoms with van der Waals surface area (Å²) in [5.74, 6) is -2.52. The minimum atomic E-state index is -0.910. The SMILES string of the molecule is C=CCC1=CC=CC=CC=C2C=CC=C(O2)C(=O)C(=O)N2CC=CC=C2C(=O)OC(C)CC=CC1=O. The van der Waals surface area contributed by atoms with Crippen molar-refractivity contribution in [3.63, 3.8) is 0 Å². The van der Waals surface area contributed by atoms with E-state index in [1.54, 1.807) is 79.8 Å². The number of allylic oxidation sites excluding steroid dienone is 14. The van der Waals surface area contributed by atoms with Crippen molar-refractivity contribution < 1.29 is 28.7 Å². The van der Waals surface area contributed by atoms with Crippen molar-refractivity contribution in [2.75, 3.05) is 6.54 Å². The molecule has 7 heteroatoms. The van der Waals surface area contributed by atoms with E-state index in [2.05, 4.69) is 6.58 Å². The lowest BCUT2D eigenvalue weighted by atomic mass is 10.1. The number of Topliss-reactive ketones (excluding diaryl/α,β-unsaturated/α-hetero) is 1. The van der Waals surface area contributed by atoms with Gasteiger partial charge in [-0.2, -0.15) is 0 Å². The molecule has 1 atom stereocenters. The number of cyclic esters (lactones) is 1. The van der Waals surface area contributed by atoms with Crippen LogP contribution in [0.15, 0.2) is 121 Å². The third kappa shape index (κ3) is 6.99. The third-order valence-corrected chi connectivity index (χ3v) is 5.19. The van der Waals surface area contributed by atoms with Crippen LogP contribution < -0.4 is 0 Å². The predicted octanol–water partition coefficient (Wildman–Crippen LogP) is 4.27. The largest absolute Gasteiger partial charge is 0.458 e. The van der Waals surface area contributed by atoms with E-state index in [0.717, 1.165) is 4.90 Å². The Hall–Kier alpha value is -4.52. The number of carbonyl (C=O) groups excluding carboxylic acids is 4. The second-order valence-corrected chi connectivity index (χ2v) is 7.96. The van der Waals surface area contributed by atoms with Crippen molar-refractivity contribution >= 4 is 23.4 Å².